The van der Waals surface area contributed by atoms with Crippen LogP contribution in [0, 0.1) is 11.8 Å². The lowest BCUT2D eigenvalue weighted by Crippen LogP contribution is -2.47. The van der Waals surface area contributed by atoms with Crippen LogP contribution in [0.25, 0.3) is 0 Å². The first-order chi connectivity index (χ1) is 10.1. The number of ether oxygens (including phenoxy) is 1. The minimum atomic E-state index is -0.116. The van der Waals surface area contributed by atoms with Crippen molar-refractivity contribution < 1.29 is 14.3 Å². The fraction of sp³-hybridized carbons (Fsp3) is 0.875. The molecule has 1 heterocycles. The van der Waals surface area contributed by atoms with Gasteiger partial charge in [0.15, 0.2) is 0 Å². The molecule has 2 unspecified atom stereocenters. The molecule has 2 rings (SSSR count). The van der Waals surface area contributed by atoms with Crippen LogP contribution in [-0.2, 0) is 14.3 Å². The van der Waals surface area contributed by atoms with Gasteiger partial charge in [0.2, 0.25) is 5.91 Å². The predicted octanol–water partition coefficient (Wildman–Crippen LogP) is 1.57. The van der Waals surface area contributed by atoms with E-state index >= 15 is 0 Å². The Morgan fingerprint density at radius 1 is 1.14 bits per heavy atom. The highest BCUT2D eigenvalue weighted by Crippen LogP contribution is 2.24. The molecule has 1 N–H and O–H groups in total. The molecule has 2 fully saturated rings. The fourth-order valence-electron chi connectivity index (χ4n) is 3.48. The van der Waals surface area contributed by atoms with Gasteiger partial charge in [-0.15, -0.1) is 0 Å². The lowest BCUT2D eigenvalue weighted by molar-refractivity contribution is -0.147. The van der Waals surface area contributed by atoms with Crippen molar-refractivity contribution in [3.8, 4) is 0 Å². The average Bonchev–Trinajstić information content (AvgIpc) is 2.49. The predicted molar refractivity (Wildman–Crippen MR) is 80.7 cm³/mol. The number of nitrogens with zero attached hydrogens (tertiary/aromatic N) is 1. The number of carbonyl (C=O) groups excluding carboxylic acids is 2. The van der Waals surface area contributed by atoms with Crippen molar-refractivity contribution >= 4 is 11.9 Å². The molecule has 1 aliphatic carbocycles. The van der Waals surface area contributed by atoms with E-state index in [-0.39, 0.29) is 17.8 Å². The van der Waals surface area contributed by atoms with E-state index in [1.807, 2.05) is 0 Å². The molecule has 1 saturated carbocycles. The third kappa shape index (κ3) is 4.70. The van der Waals surface area contributed by atoms with Gasteiger partial charge >= 0.3 is 5.97 Å². The van der Waals surface area contributed by atoms with Crippen LogP contribution in [0.5, 0.6) is 0 Å². The van der Waals surface area contributed by atoms with Gasteiger partial charge in [-0.05, 0) is 44.7 Å². The molecule has 5 nitrogen and oxygen atoms in total. The maximum atomic E-state index is 12.2. The maximum absolute atomic E-state index is 12.2. The van der Waals surface area contributed by atoms with Gasteiger partial charge in [-0.1, -0.05) is 19.8 Å². The highest BCUT2D eigenvalue weighted by molar-refractivity contribution is 5.78. The van der Waals surface area contributed by atoms with Gasteiger partial charge in [-0.2, -0.15) is 0 Å². The third-order valence-corrected chi connectivity index (χ3v) is 4.95. The summed E-state index contributed by atoms with van der Waals surface area (Å²) in [6.07, 6.45) is 6.42. The molecule has 0 radical (unpaired) electrons. The minimum Gasteiger partial charge on any atom is -0.469 e. The number of likely N-dealkylation sites (tertiary alicyclic amines) is 1. The number of carbonyl (C=O) groups is 2. The SMILES string of the molecule is COC(=O)C1CCN(CC(=O)NC2CCCCC2C)CC1. The largest absolute Gasteiger partial charge is 0.469 e. The van der Waals surface area contributed by atoms with Gasteiger partial charge < -0.3 is 10.1 Å². The van der Waals surface area contributed by atoms with Crippen molar-refractivity contribution in [1.82, 2.24) is 10.2 Å². The van der Waals surface area contributed by atoms with Crippen LogP contribution < -0.4 is 5.32 Å². The molecule has 0 aromatic carbocycles. The van der Waals surface area contributed by atoms with Crippen molar-refractivity contribution in [2.24, 2.45) is 11.8 Å². The van der Waals surface area contributed by atoms with Crippen LogP contribution in [0.1, 0.15) is 45.4 Å². The highest BCUT2D eigenvalue weighted by atomic mass is 16.5. The zero-order chi connectivity index (χ0) is 15.2. The van der Waals surface area contributed by atoms with Gasteiger partial charge in [0.05, 0.1) is 19.6 Å². The zero-order valence-electron chi connectivity index (χ0n) is 13.3. The summed E-state index contributed by atoms with van der Waals surface area (Å²) in [5.41, 5.74) is 0. The Morgan fingerprint density at radius 3 is 2.43 bits per heavy atom. The summed E-state index contributed by atoms with van der Waals surface area (Å²) in [6.45, 7) is 4.28. The van der Waals surface area contributed by atoms with Crippen molar-refractivity contribution in [2.75, 3.05) is 26.7 Å². The number of esters is 1. The number of methoxy groups -OCH3 is 1. The molecule has 1 amide bonds. The van der Waals surface area contributed by atoms with Crippen LogP contribution in [0.2, 0.25) is 0 Å². The van der Waals surface area contributed by atoms with E-state index in [0.29, 0.717) is 18.5 Å². The number of hydrogen-bond donors (Lipinski definition) is 1. The molecular weight excluding hydrogens is 268 g/mol. The number of hydrogen-bond acceptors (Lipinski definition) is 4. The van der Waals surface area contributed by atoms with Crippen LogP contribution in [0.15, 0.2) is 0 Å². The molecule has 5 heteroatoms. The lowest BCUT2D eigenvalue weighted by Gasteiger charge is -2.32. The number of rotatable bonds is 4. The van der Waals surface area contributed by atoms with Crippen LogP contribution >= 0.6 is 0 Å². The normalized spacial score (nSPS) is 28.1. The molecule has 120 valence electrons. The summed E-state index contributed by atoms with van der Waals surface area (Å²) in [6, 6.07) is 0.346. The Kier molecular flexibility index (Phi) is 6.03. The molecule has 1 saturated heterocycles. The van der Waals surface area contributed by atoms with Crippen LogP contribution in [-0.4, -0.2) is 49.6 Å². The van der Waals surface area contributed by atoms with Gasteiger partial charge in [0, 0.05) is 6.04 Å². The van der Waals surface area contributed by atoms with Gasteiger partial charge in [-0.25, -0.2) is 0 Å². The monoisotopic (exact) mass is 296 g/mol. The first-order valence-corrected chi connectivity index (χ1v) is 8.19. The molecule has 0 aromatic heterocycles. The maximum Gasteiger partial charge on any atom is 0.308 e. The number of nitrogens with one attached hydrogen (secondary N) is 1. The third-order valence-electron chi connectivity index (χ3n) is 4.95. The van der Waals surface area contributed by atoms with E-state index in [1.54, 1.807) is 0 Å². The summed E-state index contributed by atoms with van der Waals surface area (Å²) < 4.78 is 4.78. The summed E-state index contributed by atoms with van der Waals surface area (Å²) in [5.74, 6) is 0.612. The van der Waals surface area contributed by atoms with Crippen LogP contribution in [0.4, 0.5) is 0 Å². The average molecular weight is 296 g/mol. The molecule has 0 spiro atoms. The number of piperidine rings is 1. The topological polar surface area (TPSA) is 58.6 Å². The summed E-state index contributed by atoms with van der Waals surface area (Å²) in [4.78, 5) is 25.8. The van der Waals surface area contributed by atoms with E-state index in [0.717, 1.165) is 32.4 Å². The first-order valence-electron chi connectivity index (χ1n) is 8.19. The molecule has 0 bridgehead atoms. The Labute approximate surface area is 127 Å². The van der Waals surface area contributed by atoms with Gasteiger partial charge in [-0.3, -0.25) is 14.5 Å². The second-order valence-corrected chi connectivity index (χ2v) is 6.51. The molecule has 2 atom stereocenters. The van der Waals surface area contributed by atoms with E-state index in [9.17, 15) is 9.59 Å². The summed E-state index contributed by atoms with van der Waals surface area (Å²) in [5, 5.41) is 3.19. The zero-order valence-corrected chi connectivity index (χ0v) is 13.3. The first kappa shape index (κ1) is 16.3. The smallest absolute Gasteiger partial charge is 0.308 e. The van der Waals surface area contributed by atoms with Crippen molar-refractivity contribution in [3.05, 3.63) is 0 Å². The standard InChI is InChI=1S/C16H28N2O3/c1-12-5-3-4-6-14(12)17-15(19)11-18-9-7-13(8-10-18)16(20)21-2/h12-14H,3-11H2,1-2H3,(H,17,19). The Morgan fingerprint density at radius 2 is 1.81 bits per heavy atom. The molecular formula is C16H28N2O3. The second-order valence-electron chi connectivity index (χ2n) is 6.51. The molecule has 21 heavy (non-hydrogen) atoms. The van der Waals surface area contributed by atoms with E-state index in [2.05, 4.69) is 17.1 Å². The second kappa shape index (κ2) is 7.78. The Balaban J connectivity index is 1.70. The molecule has 0 aromatic rings. The summed E-state index contributed by atoms with van der Waals surface area (Å²) in [7, 11) is 1.44. The summed E-state index contributed by atoms with van der Waals surface area (Å²) >= 11 is 0. The van der Waals surface area contributed by atoms with Crippen molar-refractivity contribution in [1.29, 1.82) is 0 Å². The van der Waals surface area contributed by atoms with Crippen molar-refractivity contribution in [3.63, 3.8) is 0 Å². The lowest BCUT2D eigenvalue weighted by atomic mass is 9.86. The number of amides is 1. The van der Waals surface area contributed by atoms with E-state index in [4.69, 9.17) is 4.74 Å². The minimum absolute atomic E-state index is 0.00711. The van der Waals surface area contributed by atoms with E-state index in [1.165, 1.54) is 26.4 Å². The highest BCUT2D eigenvalue weighted by Gasteiger charge is 2.27. The quantitative estimate of drug-likeness (QED) is 0.800. The molecule has 2 aliphatic rings. The fourth-order valence-corrected chi connectivity index (χ4v) is 3.48. The van der Waals surface area contributed by atoms with Crippen molar-refractivity contribution in [2.45, 2.75) is 51.5 Å². The van der Waals surface area contributed by atoms with Crippen LogP contribution in [0.3, 0.4) is 0 Å². The Hall–Kier alpha value is -1.10. The van der Waals surface area contributed by atoms with Gasteiger partial charge in [0.25, 0.3) is 0 Å². The Bertz CT molecular complexity index is 365. The van der Waals surface area contributed by atoms with E-state index < -0.39 is 0 Å². The van der Waals surface area contributed by atoms with Gasteiger partial charge in [0.1, 0.15) is 0 Å². The molecule has 1 aliphatic heterocycles.